The van der Waals surface area contributed by atoms with Crippen molar-refractivity contribution >= 4 is 5.91 Å². The molecule has 0 spiro atoms. The second-order valence-corrected chi connectivity index (χ2v) is 4.68. The molecule has 0 aromatic carbocycles. The Hall–Kier alpha value is -1.32. The molecule has 0 aliphatic rings. The largest absolute Gasteiger partial charge is 0.368 e. The van der Waals surface area contributed by atoms with Gasteiger partial charge in [-0.25, -0.2) is 4.98 Å². The van der Waals surface area contributed by atoms with Crippen LogP contribution in [0, 0.1) is 5.41 Å². The first-order valence-corrected chi connectivity index (χ1v) is 4.67. The van der Waals surface area contributed by atoms with Crippen LogP contribution in [0.25, 0.3) is 0 Å². The lowest BCUT2D eigenvalue weighted by atomic mass is 9.92. The molecule has 4 nitrogen and oxygen atoms in total. The summed E-state index contributed by atoms with van der Waals surface area (Å²) >= 11 is 0. The minimum absolute atomic E-state index is 0.167. The van der Waals surface area contributed by atoms with Crippen molar-refractivity contribution < 1.29 is 4.79 Å². The summed E-state index contributed by atoms with van der Waals surface area (Å²) in [4.78, 5) is 15.0. The van der Waals surface area contributed by atoms with E-state index < -0.39 is 0 Å². The van der Waals surface area contributed by atoms with E-state index in [1.54, 1.807) is 17.0 Å². The van der Waals surface area contributed by atoms with E-state index in [0.29, 0.717) is 0 Å². The molecule has 1 aromatic heterocycles. The highest BCUT2D eigenvalue weighted by Gasteiger charge is 2.15. The molecule has 1 heterocycles. The Morgan fingerprint density at radius 2 is 2.21 bits per heavy atom. The summed E-state index contributed by atoms with van der Waals surface area (Å²) in [6.07, 6.45) is 4.32. The molecule has 0 saturated heterocycles. The highest BCUT2D eigenvalue weighted by atomic mass is 16.1. The van der Waals surface area contributed by atoms with Gasteiger partial charge in [0.05, 0.1) is 0 Å². The number of primary amides is 1. The molecule has 78 valence electrons. The van der Waals surface area contributed by atoms with E-state index in [2.05, 4.69) is 25.8 Å². The summed E-state index contributed by atoms with van der Waals surface area (Å²) in [6, 6.07) is 0. The number of carbonyl (C=O) groups excluding carboxylic acids is 1. The molecule has 0 atom stereocenters. The molecule has 0 bridgehead atoms. The number of hydrogen-bond acceptors (Lipinski definition) is 2. The van der Waals surface area contributed by atoms with Crippen LogP contribution in [0.5, 0.6) is 0 Å². The zero-order valence-electron chi connectivity index (χ0n) is 8.95. The Balaban J connectivity index is 2.77. The number of nitrogens with two attached hydrogens (primary N) is 1. The number of carbonyl (C=O) groups is 1. The second-order valence-electron chi connectivity index (χ2n) is 4.68. The lowest BCUT2D eigenvalue weighted by molar-refractivity contribution is -0.118. The molecule has 0 radical (unpaired) electrons. The van der Waals surface area contributed by atoms with Crippen LogP contribution < -0.4 is 5.73 Å². The van der Waals surface area contributed by atoms with Gasteiger partial charge in [0.2, 0.25) is 5.91 Å². The standard InChI is InChI=1S/C10H17N3O/c1-10(2,3)6-9-12-4-5-13(9)7-8(11)14/h4-5H,6-7H2,1-3H3,(H2,11,14). The van der Waals surface area contributed by atoms with E-state index in [0.717, 1.165) is 12.2 Å². The Labute approximate surface area is 84.1 Å². The Kier molecular flexibility index (Phi) is 2.93. The third-order valence-electron chi connectivity index (χ3n) is 1.82. The monoisotopic (exact) mass is 195 g/mol. The fourth-order valence-corrected chi connectivity index (χ4v) is 1.29. The quantitative estimate of drug-likeness (QED) is 0.780. The summed E-state index contributed by atoms with van der Waals surface area (Å²) in [5.41, 5.74) is 5.30. The molecule has 14 heavy (non-hydrogen) atoms. The second kappa shape index (κ2) is 3.82. The zero-order valence-corrected chi connectivity index (χ0v) is 8.95. The van der Waals surface area contributed by atoms with Crippen LogP contribution >= 0.6 is 0 Å². The molecule has 1 rings (SSSR count). The highest BCUT2D eigenvalue weighted by Crippen LogP contribution is 2.19. The number of nitrogens with zero attached hydrogens (tertiary/aromatic N) is 2. The van der Waals surface area contributed by atoms with Gasteiger partial charge in [0, 0.05) is 18.8 Å². The maximum absolute atomic E-state index is 10.8. The number of rotatable bonds is 3. The number of aromatic nitrogens is 2. The molecule has 0 aliphatic heterocycles. The summed E-state index contributed by atoms with van der Waals surface area (Å²) in [5.74, 6) is 0.578. The van der Waals surface area contributed by atoms with Crippen molar-refractivity contribution in [2.45, 2.75) is 33.7 Å². The van der Waals surface area contributed by atoms with Crippen LogP contribution in [0.15, 0.2) is 12.4 Å². The predicted molar refractivity (Wildman–Crippen MR) is 54.6 cm³/mol. The lowest BCUT2D eigenvalue weighted by Crippen LogP contribution is -2.21. The van der Waals surface area contributed by atoms with Crippen molar-refractivity contribution in [2.24, 2.45) is 11.1 Å². The third kappa shape index (κ3) is 3.20. The van der Waals surface area contributed by atoms with Gasteiger partial charge in [0.25, 0.3) is 0 Å². The molecular formula is C10H17N3O. The first-order valence-electron chi connectivity index (χ1n) is 4.67. The summed E-state index contributed by atoms with van der Waals surface area (Å²) < 4.78 is 1.80. The van der Waals surface area contributed by atoms with E-state index in [9.17, 15) is 4.79 Å². The summed E-state index contributed by atoms with van der Waals surface area (Å²) in [5, 5.41) is 0. The van der Waals surface area contributed by atoms with Crippen molar-refractivity contribution in [3.05, 3.63) is 18.2 Å². The van der Waals surface area contributed by atoms with E-state index in [1.165, 1.54) is 0 Å². The normalized spacial score (nSPS) is 11.6. The number of amides is 1. The predicted octanol–water partition coefficient (Wildman–Crippen LogP) is 0.957. The Morgan fingerprint density at radius 3 is 2.71 bits per heavy atom. The summed E-state index contributed by atoms with van der Waals surface area (Å²) in [7, 11) is 0. The van der Waals surface area contributed by atoms with Crippen LogP contribution in [-0.4, -0.2) is 15.5 Å². The van der Waals surface area contributed by atoms with Gasteiger partial charge in [-0.3, -0.25) is 4.79 Å². The van der Waals surface area contributed by atoms with Crippen molar-refractivity contribution in [1.29, 1.82) is 0 Å². The van der Waals surface area contributed by atoms with Gasteiger partial charge in [0.15, 0.2) is 0 Å². The minimum Gasteiger partial charge on any atom is -0.368 e. The molecule has 0 saturated carbocycles. The zero-order chi connectivity index (χ0) is 10.8. The van der Waals surface area contributed by atoms with Gasteiger partial charge in [-0.1, -0.05) is 20.8 Å². The van der Waals surface area contributed by atoms with E-state index in [4.69, 9.17) is 5.73 Å². The average Bonchev–Trinajstić information content (AvgIpc) is 2.32. The van der Waals surface area contributed by atoms with Gasteiger partial charge in [-0.2, -0.15) is 0 Å². The average molecular weight is 195 g/mol. The molecule has 0 unspecified atom stereocenters. The topological polar surface area (TPSA) is 60.9 Å². The van der Waals surface area contributed by atoms with Gasteiger partial charge in [0.1, 0.15) is 12.4 Å². The molecule has 1 amide bonds. The third-order valence-corrected chi connectivity index (χ3v) is 1.82. The van der Waals surface area contributed by atoms with Crippen LogP contribution in [0.3, 0.4) is 0 Å². The van der Waals surface area contributed by atoms with Gasteiger partial charge < -0.3 is 10.3 Å². The molecule has 1 aromatic rings. The molecule has 4 heteroatoms. The summed E-state index contributed by atoms with van der Waals surface area (Å²) in [6.45, 7) is 6.62. The Bertz CT molecular complexity index is 322. The first-order chi connectivity index (χ1) is 6.38. The van der Waals surface area contributed by atoms with Gasteiger partial charge in [-0.05, 0) is 5.41 Å². The fraction of sp³-hybridized carbons (Fsp3) is 0.600. The van der Waals surface area contributed by atoms with Crippen LogP contribution in [0.2, 0.25) is 0 Å². The van der Waals surface area contributed by atoms with Crippen LogP contribution in [-0.2, 0) is 17.8 Å². The minimum atomic E-state index is -0.335. The van der Waals surface area contributed by atoms with E-state index in [1.807, 2.05) is 0 Å². The maximum atomic E-state index is 10.8. The first kappa shape index (κ1) is 10.8. The SMILES string of the molecule is CC(C)(C)Cc1nccn1CC(N)=O. The van der Waals surface area contributed by atoms with Gasteiger partial charge >= 0.3 is 0 Å². The molecule has 0 fully saturated rings. The maximum Gasteiger partial charge on any atom is 0.237 e. The molecular weight excluding hydrogens is 178 g/mol. The number of imidazole rings is 1. The van der Waals surface area contributed by atoms with Crippen molar-refractivity contribution in [3.63, 3.8) is 0 Å². The van der Waals surface area contributed by atoms with E-state index >= 15 is 0 Å². The fourth-order valence-electron chi connectivity index (χ4n) is 1.29. The number of hydrogen-bond donors (Lipinski definition) is 1. The van der Waals surface area contributed by atoms with Crippen LogP contribution in [0.4, 0.5) is 0 Å². The lowest BCUT2D eigenvalue weighted by Gasteiger charge is -2.18. The van der Waals surface area contributed by atoms with Crippen molar-refractivity contribution in [1.82, 2.24) is 9.55 Å². The Morgan fingerprint density at radius 1 is 1.57 bits per heavy atom. The van der Waals surface area contributed by atoms with Crippen molar-refractivity contribution in [3.8, 4) is 0 Å². The van der Waals surface area contributed by atoms with Crippen LogP contribution in [0.1, 0.15) is 26.6 Å². The van der Waals surface area contributed by atoms with Gasteiger partial charge in [-0.15, -0.1) is 0 Å². The highest BCUT2D eigenvalue weighted by molar-refractivity contribution is 5.73. The molecule has 2 N–H and O–H groups in total. The van der Waals surface area contributed by atoms with Crippen molar-refractivity contribution in [2.75, 3.05) is 0 Å². The molecule has 0 aliphatic carbocycles. The van der Waals surface area contributed by atoms with E-state index in [-0.39, 0.29) is 17.9 Å². The smallest absolute Gasteiger partial charge is 0.237 e.